The standard InChI is InChI=1S/C16H20ClN3O2/c1-12(13-4-6-15(22-2)7-5-13)20-11-14(10-18)16(21)19-9-3-8-17/h4-7,11-12,20H,3,8-9H2,1-2H3,(H,19,21)/b14-11-. The summed E-state index contributed by atoms with van der Waals surface area (Å²) in [6, 6.07) is 9.43. The Hall–Kier alpha value is -2.19. The Balaban J connectivity index is 2.62. The number of nitrogens with zero attached hydrogens (tertiary/aromatic N) is 1. The Bertz CT molecular complexity index is 550. The molecule has 0 saturated carbocycles. The zero-order valence-electron chi connectivity index (χ0n) is 12.7. The minimum atomic E-state index is -0.401. The number of rotatable bonds is 8. The van der Waals surface area contributed by atoms with Gasteiger partial charge in [0.05, 0.1) is 7.11 Å². The molecule has 0 aliphatic rings. The molecule has 2 N–H and O–H groups in total. The van der Waals surface area contributed by atoms with E-state index in [2.05, 4.69) is 10.6 Å². The molecule has 0 bridgehead atoms. The maximum atomic E-state index is 11.8. The van der Waals surface area contributed by atoms with Crippen molar-refractivity contribution in [3.8, 4) is 11.8 Å². The van der Waals surface area contributed by atoms with Crippen LogP contribution in [-0.4, -0.2) is 25.4 Å². The summed E-state index contributed by atoms with van der Waals surface area (Å²) in [5.74, 6) is 0.850. The molecule has 0 aromatic heterocycles. The average Bonchev–Trinajstić information content (AvgIpc) is 2.55. The molecule has 1 rings (SSSR count). The van der Waals surface area contributed by atoms with Gasteiger partial charge in [0.15, 0.2) is 0 Å². The number of nitriles is 1. The fourth-order valence-corrected chi connectivity index (χ4v) is 1.84. The minimum absolute atomic E-state index is 0.0370. The number of hydrogen-bond acceptors (Lipinski definition) is 4. The van der Waals surface area contributed by atoms with Gasteiger partial charge in [-0.2, -0.15) is 5.26 Å². The van der Waals surface area contributed by atoms with E-state index in [4.69, 9.17) is 21.6 Å². The lowest BCUT2D eigenvalue weighted by Crippen LogP contribution is -2.27. The monoisotopic (exact) mass is 321 g/mol. The first-order valence-electron chi connectivity index (χ1n) is 6.96. The van der Waals surface area contributed by atoms with Gasteiger partial charge in [0.25, 0.3) is 5.91 Å². The number of carbonyl (C=O) groups excluding carboxylic acids is 1. The highest BCUT2D eigenvalue weighted by Crippen LogP contribution is 2.17. The summed E-state index contributed by atoms with van der Waals surface area (Å²) in [5.41, 5.74) is 1.06. The number of ether oxygens (including phenoxy) is 1. The van der Waals surface area contributed by atoms with Gasteiger partial charge >= 0.3 is 0 Å². The quantitative estimate of drug-likeness (QED) is 0.334. The summed E-state index contributed by atoms with van der Waals surface area (Å²) in [6.07, 6.45) is 2.10. The van der Waals surface area contributed by atoms with Crippen molar-refractivity contribution < 1.29 is 9.53 Å². The highest BCUT2D eigenvalue weighted by Gasteiger charge is 2.09. The van der Waals surface area contributed by atoms with E-state index in [0.29, 0.717) is 18.8 Å². The van der Waals surface area contributed by atoms with Gasteiger partial charge in [-0.15, -0.1) is 11.6 Å². The molecule has 0 heterocycles. The summed E-state index contributed by atoms with van der Waals surface area (Å²) < 4.78 is 5.10. The van der Waals surface area contributed by atoms with Crippen molar-refractivity contribution in [2.75, 3.05) is 19.5 Å². The van der Waals surface area contributed by atoms with Crippen LogP contribution in [0.2, 0.25) is 0 Å². The summed E-state index contributed by atoms with van der Waals surface area (Å²) >= 11 is 5.54. The van der Waals surface area contributed by atoms with Gasteiger partial charge in [-0.05, 0) is 31.0 Å². The van der Waals surface area contributed by atoms with E-state index in [1.54, 1.807) is 7.11 Å². The van der Waals surface area contributed by atoms with Gasteiger partial charge in [-0.3, -0.25) is 4.79 Å². The van der Waals surface area contributed by atoms with Crippen LogP contribution in [0.25, 0.3) is 0 Å². The van der Waals surface area contributed by atoms with Crippen LogP contribution in [0.4, 0.5) is 0 Å². The maximum absolute atomic E-state index is 11.8. The van der Waals surface area contributed by atoms with Crippen molar-refractivity contribution in [3.05, 3.63) is 41.6 Å². The molecule has 5 nitrogen and oxygen atoms in total. The molecule has 0 aliphatic carbocycles. The second-order valence-electron chi connectivity index (χ2n) is 4.63. The second-order valence-corrected chi connectivity index (χ2v) is 5.01. The molecule has 1 aromatic rings. The fourth-order valence-electron chi connectivity index (χ4n) is 1.71. The predicted molar refractivity (Wildman–Crippen MR) is 86.6 cm³/mol. The third kappa shape index (κ3) is 5.66. The molecule has 0 radical (unpaired) electrons. The minimum Gasteiger partial charge on any atom is -0.497 e. The maximum Gasteiger partial charge on any atom is 0.263 e. The predicted octanol–water partition coefficient (Wildman–Crippen LogP) is 2.50. The number of benzene rings is 1. The normalized spacial score (nSPS) is 12.2. The Kier molecular flexibility index (Phi) is 7.87. The van der Waals surface area contributed by atoms with E-state index in [9.17, 15) is 4.79 Å². The van der Waals surface area contributed by atoms with E-state index in [-0.39, 0.29) is 11.6 Å². The van der Waals surface area contributed by atoms with Crippen molar-refractivity contribution in [2.45, 2.75) is 19.4 Å². The van der Waals surface area contributed by atoms with Crippen molar-refractivity contribution >= 4 is 17.5 Å². The molecule has 0 saturated heterocycles. The van der Waals surface area contributed by atoms with Crippen LogP contribution in [0.15, 0.2) is 36.0 Å². The molecule has 0 aliphatic heterocycles. The Morgan fingerprint density at radius 1 is 1.45 bits per heavy atom. The molecular formula is C16H20ClN3O2. The number of carbonyl (C=O) groups is 1. The van der Waals surface area contributed by atoms with Crippen LogP contribution in [0.1, 0.15) is 24.9 Å². The van der Waals surface area contributed by atoms with Crippen LogP contribution < -0.4 is 15.4 Å². The first-order valence-corrected chi connectivity index (χ1v) is 7.50. The number of alkyl halides is 1. The zero-order valence-corrected chi connectivity index (χ0v) is 13.5. The molecule has 1 atom stereocenters. The third-order valence-corrected chi connectivity index (χ3v) is 3.32. The molecule has 6 heteroatoms. The molecule has 22 heavy (non-hydrogen) atoms. The van der Waals surface area contributed by atoms with Crippen molar-refractivity contribution in [1.29, 1.82) is 5.26 Å². The summed E-state index contributed by atoms with van der Waals surface area (Å²) in [6.45, 7) is 2.40. The van der Waals surface area contributed by atoms with E-state index in [1.807, 2.05) is 37.3 Å². The van der Waals surface area contributed by atoms with Gasteiger partial charge in [0.1, 0.15) is 17.4 Å². The van der Waals surface area contributed by atoms with Crippen molar-refractivity contribution in [2.24, 2.45) is 0 Å². The lowest BCUT2D eigenvalue weighted by molar-refractivity contribution is -0.117. The zero-order chi connectivity index (χ0) is 16.4. The highest BCUT2D eigenvalue weighted by atomic mass is 35.5. The molecule has 0 spiro atoms. The van der Waals surface area contributed by atoms with Gasteiger partial charge < -0.3 is 15.4 Å². The summed E-state index contributed by atoms with van der Waals surface area (Å²) in [4.78, 5) is 11.8. The van der Waals surface area contributed by atoms with Crippen LogP contribution in [0.5, 0.6) is 5.75 Å². The van der Waals surface area contributed by atoms with Crippen LogP contribution in [0, 0.1) is 11.3 Å². The topological polar surface area (TPSA) is 74.1 Å². The van der Waals surface area contributed by atoms with E-state index >= 15 is 0 Å². The molecule has 1 amide bonds. The lowest BCUT2D eigenvalue weighted by Gasteiger charge is -2.13. The number of nitrogens with one attached hydrogen (secondary N) is 2. The Labute approximate surface area is 135 Å². The van der Waals surface area contributed by atoms with Gasteiger partial charge in [0, 0.05) is 24.7 Å². The highest BCUT2D eigenvalue weighted by molar-refractivity contribution is 6.17. The fraction of sp³-hybridized carbons (Fsp3) is 0.375. The number of halogens is 1. The lowest BCUT2D eigenvalue weighted by atomic mass is 10.1. The number of methoxy groups -OCH3 is 1. The van der Waals surface area contributed by atoms with Crippen LogP contribution in [0.3, 0.4) is 0 Å². The summed E-state index contributed by atoms with van der Waals surface area (Å²) in [7, 11) is 1.61. The molecule has 0 fully saturated rings. The van der Waals surface area contributed by atoms with E-state index < -0.39 is 5.91 Å². The Morgan fingerprint density at radius 3 is 2.68 bits per heavy atom. The largest absolute Gasteiger partial charge is 0.497 e. The number of amides is 1. The van der Waals surface area contributed by atoms with Crippen LogP contribution in [-0.2, 0) is 4.79 Å². The van der Waals surface area contributed by atoms with Gasteiger partial charge in [-0.25, -0.2) is 0 Å². The summed E-state index contributed by atoms with van der Waals surface area (Å²) in [5, 5.41) is 14.7. The number of hydrogen-bond donors (Lipinski definition) is 2. The Morgan fingerprint density at radius 2 is 2.14 bits per heavy atom. The van der Waals surface area contributed by atoms with Gasteiger partial charge in [0.2, 0.25) is 0 Å². The van der Waals surface area contributed by atoms with E-state index in [1.165, 1.54) is 6.20 Å². The third-order valence-electron chi connectivity index (χ3n) is 3.05. The van der Waals surface area contributed by atoms with E-state index in [0.717, 1.165) is 11.3 Å². The van der Waals surface area contributed by atoms with Crippen LogP contribution >= 0.6 is 11.6 Å². The van der Waals surface area contributed by atoms with Gasteiger partial charge in [-0.1, -0.05) is 12.1 Å². The van der Waals surface area contributed by atoms with Crippen molar-refractivity contribution in [1.82, 2.24) is 10.6 Å². The molecule has 1 aromatic carbocycles. The first kappa shape index (κ1) is 17.9. The second kappa shape index (κ2) is 9.69. The molecular weight excluding hydrogens is 302 g/mol. The first-order chi connectivity index (χ1) is 10.6. The smallest absolute Gasteiger partial charge is 0.263 e. The SMILES string of the molecule is COc1ccc(C(C)N/C=C(/C#N)C(=O)NCCCCl)cc1. The molecule has 1 unspecified atom stereocenters. The molecule has 118 valence electrons. The van der Waals surface area contributed by atoms with Crippen molar-refractivity contribution in [3.63, 3.8) is 0 Å². The average molecular weight is 322 g/mol.